The summed E-state index contributed by atoms with van der Waals surface area (Å²) in [5.41, 5.74) is 1.27. The normalized spacial score (nSPS) is 25.3. The highest BCUT2D eigenvalue weighted by Crippen LogP contribution is 2.41. The van der Waals surface area contributed by atoms with Gasteiger partial charge < -0.3 is 14.8 Å². The molecule has 0 unspecified atom stereocenters. The molecular weight excluding hydrogens is 242 g/mol. The van der Waals surface area contributed by atoms with Crippen molar-refractivity contribution in [3.05, 3.63) is 11.8 Å². The Morgan fingerprint density at radius 3 is 2.53 bits per heavy atom. The fourth-order valence-corrected chi connectivity index (χ4v) is 2.84. The summed E-state index contributed by atoms with van der Waals surface area (Å²) in [5.74, 6) is 1.89. The Morgan fingerprint density at radius 1 is 1.11 bits per heavy atom. The molecule has 2 aliphatic heterocycles. The molecule has 1 N–H and O–H groups in total. The highest BCUT2D eigenvalue weighted by Gasteiger charge is 2.30. The molecule has 3 heterocycles. The van der Waals surface area contributed by atoms with Crippen LogP contribution in [-0.2, 0) is 9.47 Å². The van der Waals surface area contributed by atoms with Crippen molar-refractivity contribution in [3.63, 3.8) is 0 Å². The summed E-state index contributed by atoms with van der Waals surface area (Å²) in [6.45, 7) is 3.35. The maximum atomic E-state index is 5.46. The quantitative estimate of drug-likeness (QED) is 0.901. The van der Waals surface area contributed by atoms with Crippen LogP contribution in [0.3, 0.4) is 0 Å². The predicted molar refractivity (Wildman–Crippen MR) is 71.5 cm³/mol. The highest BCUT2D eigenvalue weighted by atomic mass is 16.5. The third-order valence-corrected chi connectivity index (χ3v) is 4.28. The van der Waals surface area contributed by atoms with E-state index >= 15 is 0 Å². The molecule has 1 aromatic rings. The van der Waals surface area contributed by atoms with E-state index in [2.05, 4.69) is 16.1 Å². The third kappa shape index (κ3) is 2.37. The molecule has 3 fully saturated rings. The van der Waals surface area contributed by atoms with Gasteiger partial charge in [-0.15, -0.1) is 0 Å². The van der Waals surface area contributed by atoms with Gasteiger partial charge >= 0.3 is 0 Å². The second-order valence-corrected chi connectivity index (χ2v) is 5.90. The highest BCUT2D eigenvalue weighted by molar-refractivity contribution is 5.41. The van der Waals surface area contributed by atoms with Crippen molar-refractivity contribution < 1.29 is 9.47 Å². The first-order chi connectivity index (χ1) is 9.40. The van der Waals surface area contributed by atoms with E-state index in [-0.39, 0.29) is 0 Å². The zero-order valence-corrected chi connectivity index (χ0v) is 11.2. The second kappa shape index (κ2) is 4.80. The molecular formula is C14H21N3O2. The standard InChI is InChI=1S/C14H21N3O2/c1-2-10(1)13-7-14(15-11-8-19-9-11)17(16-13)12-3-5-18-6-4-12/h7,10-12,15H,1-6,8-9H2. The van der Waals surface area contributed by atoms with Gasteiger partial charge in [-0.3, -0.25) is 0 Å². The van der Waals surface area contributed by atoms with Crippen molar-refractivity contribution >= 4 is 5.82 Å². The molecule has 0 spiro atoms. The molecule has 1 aliphatic carbocycles. The number of hydrogen-bond donors (Lipinski definition) is 1. The molecule has 104 valence electrons. The largest absolute Gasteiger partial charge is 0.381 e. The maximum absolute atomic E-state index is 5.46. The molecule has 1 saturated carbocycles. The zero-order chi connectivity index (χ0) is 12.7. The Morgan fingerprint density at radius 2 is 1.89 bits per heavy atom. The summed E-state index contributed by atoms with van der Waals surface area (Å²) >= 11 is 0. The number of aromatic nitrogens is 2. The van der Waals surface area contributed by atoms with Crippen molar-refractivity contribution in [1.29, 1.82) is 0 Å². The molecule has 0 amide bonds. The van der Waals surface area contributed by atoms with E-state index in [0.717, 1.165) is 39.3 Å². The first kappa shape index (κ1) is 11.7. The Labute approximate surface area is 113 Å². The predicted octanol–water partition coefficient (Wildman–Crippen LogP) is 1.92. The second-order valence-electron chi connectivity index (χ2n) is 5.90. The van der Waals surface area contributed by atoms with Crippen LogP contribution in [0.1, 0.15) is 43.3 Å². The van der Waals surface area contributed by atoms with Gasteiger partial charge in [0.2, 0.25) is 0 Å². The fourth-order valence-electron chi connectivity index (χ4n) is 2.84. The lowest BCUT2D eigenvalue weighted by molar-refractivity contribution is 0.0204. The summed E-state index contributed by atoms with van der Waals surface area (Å²) in [6.07, 6.45) is 4.75. The monoisotopic (exact) mass is 263 g/mol. The number of rotatable bonds is 4. The van der Waals surface area contributed by atoms with E-state index < -0.39 is 0 Å². The van der Waals surface area contributed by atoms with E-state index in [4.69, 9.17) is 14.6 Å². The Balaban J connectivity index is 1.57. The minimum atomic E-state index is 0.461. The van der Waals surface area contributed by atoms with Crippen LogP contribution in [0.4, 0.5) is 5.82 Å². The first-order valence-electron chi connectivity index (χ1n) is 7.41. The summed E-state index contributed by atoms with van der Waals surface area (Å²) in [6, 6.07) is 3.21. The van der Waals surface area contributed by atoms with Crippen molar-refractivity contribution in [2.45, 2.75) is 43.7 Å². The van der Waals surface area contributed by atoms with Crippen LogP contribution < -0.4 is 5.32 Å². The maximum Gasteiger partial charge on any atom is 0.125 e. The lowest BCUT2D eigenvalue weighted by atomic mass is 10.1. The number of nitrogens with one attached hydrogen (secondary N) is 1. The Bertz CT molecular complexity index is 446. The Hall–Kier alpha value is -1.07. The summed E-state index contributed by atoms with van der Waals surface area (Å²) < 4.78 is 12.9. The van der Waals surface area contributed by atoms with E-state index in [1.807, 2.05) is 0 Å². The number of anilines is 1. The molecule has 5 heteroatoms. The van der Waals surface area contributed by atoms with Gasteiger partial charge in [-0.05, 0) is 25.7 Å². The van der Waals surface area contributed by atoms with Gasteiger partial charge in [0.1, 0.15) is 5.82 Å². The molecule has 0 bridgehead atoms. The van der Waals surface area contributed by atoms with Crippen molar-refractivity contribution in [1.82, 2.24) is 9.78 Å². The van der Waals surface area contributed by atoms with Gasteiger partial charge in [-0.2, -0.15) is 5.10 Å². The molecule has 3 aliphatic rings. The van der Waals surface area contributed by atoms with Crippen LogP contribution in [0.2, 0.25) is 0 Å². The third-order valence-electron chi connectivity index (χ3n) is 4.28. The minimum Gasteiger partial charge on any atom is -0.381 e. The van der Waals surface area contributed by atoms with Crippen molar-refractivity contribution in [3.8, 4) is 0 Å². The average molecular weight is 263 g/mol. The lowest BCUT2D eigenvalue weighted by Gasteiger charge is -2.30. The van der Waals surface area contributed by atoms with Gasteiger partial charge in [0.15, 0.2) is 0 Å². The van der Waals surface area contributed by atoms with Gasteiger partial charge in [0.05, 0.1) is 31.0 Å². The minimum absolute atomic E-state index is 0.461. The van der Waals surface area contributed by atoms with Crippen LogP contribution in [0.5, 0.6) is 0 Å². The summed E-state index contributed by atoms with van der Waals surface area (Å²) in [5, 5.41) is 8.45. The molecule has 0 aromatic carbocycles. The molecule has 0 atom stereocenters. The summed E-state index contributed by atoms with van der Waals surface area (Å²) in [7, 11) is 0. The van der Waals surface area contributed by atoms with E-state index in [9.17, 15) is 0 Å². The van der Waals surface area contributed by atoms with E-state index in [1.54, 1.807) is 0 Å². The number of ether oxygens (including phenoxy) is 2. The zero-order valence-electron chi connectivity index (χ0n) is 11.2. The topological polar surface area (TPSA) is 48.3 Å². The lowest BCUT2D eigenvalue weighted by Crippen LogP contribution is -2.41. The number of nitrogens with zero attached hydrogens (tertiary/aromatic N) is 2. The molecule has 5 nitrogen and oxygen atoms in total. The molecule has 0 radical (unpaired) electrons. The summed E-state index contributed by atoms with van der Waals surface area (Å²) in [4.78, 5) is 0. The SMILES string of the molecule is c1c(C2CC2)nn(C2CCOCC2)c1NC1COC1. The van der Waals surface area contributed by atoms with Crippen LogP contribution in [0, 0.1) is 0 Å². The molecule has 1 aromatic heterocycles. The Kier molecular flexibility index (Phi) is 2.96. The van der Waals surface area contributed by atoms with Crippen LogP contribution in [0.25, 0.3) is 0 Å². The van der Waals surface area contributed by atoms with Gasteiger partial charge in [-0.25, -0.2) is 4.68 Å². The van der Waals surface area contributed by atoms with Crippen LogP contribution in [0.15, 0.2) is 6.07 Å². The van der Waals surface area contributed by atoms with E-state index in [1.165, 1.54) is 24.4 Å². The van der Waals surface area contributed by atoms with Crippen molar-refractivity contribution in [2.75, 3.05) is 31.7 Å². The molecule has 2 saturated heterocycles. The van der Waals surface area contributed by atoms with Crippen LogP contribution >= 0.6 is 0 Å². The smallest absolute Gasteiger partial charge is 0.125 e. The fraction of sp³-hybridized carbons (Fsp3) is 0.786. The molecule has 4 rings (SSSR count). The van der Waals surface area contributed by atoms with Crippen molar-refractivity contribution in [2.24, 2.45) is 0 Å². The van der Waals surface area contributed by atoms with Gasteiger partial charge in [0, 0.05) is 25.2 Å². The first-order valence-corrected chi connectivity index (χ1v) is 7.41. The van der Waals surface area contributed by atoms with Gasteiger partial charge in [-0.1, -0.05) is 0 Å². The number of hydrogen-bond acceptors (Lipinski definition) is 4. The van der Waals surface area contributed by atoms with E-state index in [0.29, 0.717) is 18.0 Å². The average Bonchev–Trinajstić information content (AvgIpc) is 3.16. The van der Waals surface area contributed by atoms with Gasteiger partial charge in [0.25, 0.3) is 0 Å². The molecule has 19 heavy (non-hydrogen) atoms. The van der Waals surface area contributed by atoms with Crippen LogP contribution in [-0.4, -0.2) is 42.2 Å².